The normalized spacial score (nSPS) is 9.52. The second kappa shape index (κ2) is 8.04. The summed E-state index contributed by atoms with van der Waals surface area (Å²) in [7, 11) is 1.74. The average molecular weight is 285 g/mol. The molecule has 0 saturated carbocycles. The lowest BCUT2D eigenvalue weighted by molar-refractivity contribution is 0.843. The lowest BCUT2D eigenvalue weighted by Crippen LogP contribution is -2.15. The van der Waals surface area contributed by atoms with E-state index in [1.54, 1.807) is 17.7 Å². The van der Waals surface area contributed by atoms with E-state index in [4.69, 9.17) is 5.41 Å². The zero-order valence-corrected chi connectivity index (χ0v) is 13.1. The maximum absolute atomic E-state index is 11.3. The number of hydrogen-bond donors (Lipinski definition) is 2. The van der Waals surface area contributed by atoms with Crippen LogP contribution in [0.5, 0.6) is 0 Å². The Morgan fingerprint density at radius 3 is 2.57 bits per heavy atom. The largest absolute Gasteiger partial charge is 0.380 e. The molecule has 0 spiro atoms. The third-order valence-electron chi connectivity index (χ3n) is 2.99. The lowest BCUT2D eigenvalue weighted by Gasteiger charge is -2.10. The molecule has 0 unspecified atom stereocenters. The van der Waals surface area contributed by atoms with Crippen LogP contribution in [0.4, 0.5) is 5.69 Å². The number of aryl methyl sites for hydroxylation is 2. The fourth-order valence-electron chi connectivity index (χ4n) is 1.92. The Bertz CT molecular complexity index is 659. The van der Waals surface area contributed by atoms with Gasteiger partial charge in [-0.2, -0.15) is 0 Å². The van der Waals surface area contributed by atoms with Gasteiger partial charge in [0.1, 0.15) is 0 Å². The molecule has 0 aliphatic rings. The van der Waals surface area contributed by atoms with E-state index in [0.717, 1.165) is 22.4 Å². The smallest absolute Gasteiger partial charge is 0.250 e. The van der Waals surface area contributed by atoms with Crippen molar-refractivity contribution in [2.45, 2.75) is 27.3 Å². The Hall–Kier alpha value is -2.36. The van der Waals surface area contributed by atoms with Gasteiger partial charge in [0.2, 0.25) is 5.56 Å². The van der Waals surface area contributed by atoms with Crippen LogP contribution in [0.15, 0.2) is 41.3 Å². The molecular weight excluding hydrogens is 262 g/mol. The molecule has 0 saturated heterocycles. The topological polar surface area (TPSA) is 57.9 Å². The molecule has 0 atom stereocenters. The number of rotatable bonds is 4. The fraction of sp³-hybridized carbons (Fsp3) is 0.294. The number of anilines is 1. The number of pyridine rings is 1. The molecule has 0 bridgehead atoms. The molecule has 1 aromatic heterocycles. The summed E-state index contributed by atoms with van der Waals surface area (Å²) in [5.74, 6) is 0. The first-order valence-electron chi connectivity index (χ1n) is 7.10. The summed E-state index contributed by atoms with van der Waals surface area (Å²) in [6, 6.07) is 9.32. The molecule has 4 nitrogen and oxygen atoms in total. The van der Waals surface area contributed by atoms with Crippen LogP contribution in [0.3, 0.4) is 0 Å². The molecule has 21 heavy (non-hydrogen) atoms. The quantitative estimate of drug-likeness (QED) is 0.847. The summed E-state index contributed by atoms with van der Waals surface area (Å²) >= 11 is 0. The maximum Gasteiger partial charge on any atom is 0.250 e. The van der Waals surface area contributed by atoms with Gasteiger partial charge in [0.25, 0.3) is 0 Å². The SMILES string of the molecule is CC.Cc1ccc(NCc2ccc(=O)n(C)c2)c(C=N)c1. The van der Waals surface area contributed by atoms with Crippen LogP contribution in [0, 0.1) is 12.3 Å². The van der Waals surface area contributed by atoms with Gasteiger partial charge in [-0.15, -0.1) is 0 Å². The minimum absolute atomic E-state index is 0.0146. The highest BCUT2D eigenvalue weighted by molar-refractivity contribution is 5.86. The molecule has 4 heteroatoms. The van der Waals surface area contributed by atoms with Gasteiger partial charge in [-0.3, -0.25) is 4.79 Å². The van der Waals surface area contributed by atoms with Gasteiger partial charge in [-0.1, -0.05) is 31.5 Å². The van der Waals surface area contributed by atoms with E-state index >= 15 is 0 Å². The molecule has 1 heterocycles. The van der Waals surface area contributed by atoms with Gasteiger partial charge in [0.05, 0.1) is 0 Å². The molecule has 0 radical (unpaired) electrons. The number of hydrogen-bond acceptors (Lipinski definition) is 3. The summed E-state index contributed by atoms with van der Waals surface area (Å²) in [5.41, 5.74) is 3.93. The van der Waals surface area contributed by atoms with Gasteiger partial charge in [-0.05, 0) is 24.6 Å². The number of nitrogens with zero attached hydrogens (tertiary/aromatic N) is 1. The standard InChI is InChI=1S/C15H17N3O.C2H6/c1-11-3-5-14(13(7-11)8-16)17-9-12-4-6-15(19)18(2)10-12;1-2/h3-8,10,16-17H,9H2,1-2H3;1-2H3. The first-order chi connectivity index (χ1) is 10.1. The van der Waals surface area contributed by atoms with Gasteiger partial charge in [-0.25, -0.2) is 0 Å². The van der Waals surface area contributed by atoms with Crippen molar-refractivity contribution in [2.24, 2.45) is 7.05 Å². The van der Waals surface area contributed by atoms with Crippen LogP contribution >= 0.6 is 0 Å². The van der Waals surface area contributed by atoms with Gasteiger partial charge < -0.3 is 15.3 Å². The summed E-state index contributed by atoms with van der Waals surface area (Å²) < 4.78 is 1.56. The Balaban J connectivity index is 0.00000106. The molecule has 0 fully saturated rings. The average Bonchev–Trinajstić information content (AvgIpc) is 2.51. The molecule has 2 N–H and O–H groups in total. The van der Waals surface area contributed by atoms with Crippen molar-refractivity contribution >= 4 is 11.9 Å². The summed E-state index contributed by atoms with van der Waals surface area (Å²) in [5, 5.41) is 10.7. The Morgan fingerprint density at radius 1 is 1.24 bits per heavy atom. The van der Waals surface area contributed by atoms with Crippen LogP contribution in [0.1, 0.15) is 30.5 Å². The second-order valence-electron chi connectivity index (χ2n) is 4.58. The molecule has 0 aliphatic heterocycles. The predicted octanol–water partition coefficient (Wildman–Crippen LogP) is 3.33. The predicted molar refractivity (Wildman–Crippen MR) is 89.4 cm³/mol. The van der Waals surface area contributed by atoms with Gasteiger partial charge >= 0.3 is 0 Å². The van der Waals surface area contributed by atoms with Crippen LogP contribution < -0.4 is 10.9 Å². The van der Waals surface area contributed by atoms with Gasteiger partial charge in [0, 0.05) is 43.3 Å². The molecule has 1 aromatic carbocycles. The van der Waals surface area contributed by atoms with Crippen molar-refractivity contribution in [3.63, 3.8) is 0 Å². The zero-order chi connectivity index (χ0) is 15.8. The molecule has 0 aliphatic carbocycles. The van der Waals surface area contributed by atoms with E-state index in [2.05, 4.69) is 5.32 Å². The highest BCUT2D eigenvalue weighted by Crippen LogP contribution is 2.16. The molecule has 112 valence electrons. The fourth-order valence-corrected chi connectivity index (χ4v) is 1.92. The van der Waals surface area contributed by atoms with Crippen molar-refractivity contribution in [1.29, 1.82) is 5.41 Å². The van der Waals surface area contributed by atoms with Crippen LogP contribution in [0.25, 0.3) is 0 Å². The van der Waals surface area contributed by atoms with E-state index in [9.17, 15) is 4.79 Å². The number of nitrogens with one attached hydrogen (secondary N) is 2. The summed E-state index contributed by atoms with van der Waals surface area (Å²) in [6.07, 6.45) is 3.16. The number of benzene rings is 1. The van der Waals surface area contributed by atoms with E-state index < -0.39 is 0 Å². The van der Waals surface area contributed by atoms with Gasteiger partial charge in [0.15, 0.2) is 0 Å². The first-order valence-corrected chi connectivity index (χ1v) is 7.10. The van der Waals surface area contributed by atoms with Crippen molar-refractivity contribution in [3.05, 3.63) is 63.6 Å². The lowest BCUT2D eigenvalue weighted by atomic mass is 10.1. The summed E-state index contributed by atoms with van der Waals surface area (Å²) in [6.45, 7) is 6.63. The first kappa shape index (κ1) is 16.7. The Morgan fingerprint density at radius 2 is 1.95 bits per heavy atom. The van der Waals surface area contributed by atoms with E-state index in [0.29, 0.717) is 6.54 Å². The zero-order valence-electron chi connectivity index (χ0n) is 13.1. The van der Waals surface area contributed by atoms with E-state index in [-0.39, 0.29) is 5.56 Å². The van der Waals surface area contributed by atoms with Crippen LogP contribution in [-0.4, -0.2) is 10.8 Å². The van der Waals surface area contributed by atoms with Crippen molar-refractivity contribution in [1.82, 2.24) is 4.57 Å². The molecule has 2 rings (SSSR count). The minimum Gasteiger partial charge on any atom is -0.380 e. The maximum atomic E-state index is 11.3. The minimum atomic E-state index is -0.0146. The van der Waals surface area contributed by atoms with Crippen LogP contribution in [0.2, 0.25) is 0 Å². The van der Waals surface area contributed by atoms with Crippen molar-refractivity contribution in [2.75, 3.05) is 5.32 Å². The monoisotopic (exact) mass is 285 g/mol. The third-order valence-corrected chi connectivity index (χ3v) is 2.99. The summed E-state index contributed by atoms with van der Waals surface area (Å²) in [4.78, 5) is 11.3. The third kappa shape index (κ3) is 4.60. The van der Waals surface area contributed by atoms with Crippen molar-refractivity contribution in [3.8, 4) is 0 Å². The second-order valence-corrected chi connectivity index (χ2v) is 4.58. The molecule has 0 amide bonds. The Kier molecular flexibility index (Phi) is 6.40. The molecule has 2 aromatic rings. The number of aromatic nitrogens is 1. The van der Waals surface area contributed by atoms with Crippen LogP contribution in [-0.2, 0) is 13.6 Å². The highest BCUT2D eigenvalue weighted by atomic mass is 16.1. The van der Waals surface area contributed by atoms with E-state index in [1.165, 1.54) is 6.21 Å². The Labute approximate surface area is 126 Å². The molecular formula is C17H23N3O. The van der Waals surface area contributed by atoms with E-state index in [1.807, 2.05) is 51.2 Å². The highest BCUT2D eigenvalue weighted by Gasteiger charge is 2.01. The van der Waals surface area contributed by atoms with Crippen molar-refractivity contribution < 1.29 is 0 Å².